The molecule has 3 unspecified atom stereocenters. The number of allylic oxidation sites excluding steroid dienone is 4. The van der Waals surface area contributed by atoms with E-state index in [0.29, 0.717) is 30.0 Å². The molecule has 3 rings (SSSR count). The largest absolute Gasteiger partial charge is 0.512 e. The van der Waals surface area contributed by atoms with Gasteiger partial charge >= 0.3 is 5.97 Å². The molecule has 1 aliphatic carbocycles. The van der Waals surface area contributed by atoms with Gasteiger partial charge in [0.05, 0.1) is 5.57 Å². The van der Waals surface area contributed by atoms with Gasteiger partial charge in [0.25, 0.3) is 0 Å². The molecule has 30 heavy (non-hydrogen) atoms. The van der Waals surface area contributed by atoms with Crippen molar-refractivity contribution in [3.8, 4) is 0 Å². The normalized spacial score (nSPS) is 25.1. The Morgan fingerprint density at radius 3 is 2.70 bits per heavy atom. The lowest BCUT2D eigenvalue weighted by Gasteiger charge is -2.39. The van der Waals surface area contributed by atoms with E-state index in [-0.39, 0.29) is 17.6 Å². The van der Waals surface area contributed by atoms with Crippen molar-refractivity contribution < 1.29 is 14.6 Å². The van der Waals surface area contributed by atoms with Crippen molar-refractivity contribution >= 4 is 11.7 Å². The number of anilines is 1. The molecular formula is C26H35NO3. The summed E-state index contributed by atoms with van der Waals surface area (Å²) in [7, 11) is 0. The zero-order valence-electron chi connectivity index (χ0n) is 18.5. The average Bonchev–Trinajstić information content (AvgIpc) is 2.70. The molecule has 0 amide bonds. The molecule has 4 nitrogen and oxygen atoms in total. The predicted octanol–water partition coefficient (Wildman–Crippen LogP) is 6.36. The number of aliphatic hydroxyl groups is 1. The van der Waals surface area contributed by atoms with E-state index in [1.54, 1.807) is 0 Å². The molecule has 0 aromatic heterocycles. The zero-order valence-corrected chi connectivity index (χ0v) is 18.5. The topological polar surface area (TPSA) is 72.5 Å². The van der Waals surface area contributed by atoms with Gasteiger partial charge in [0, 0.05) is 18.0 Å². The van der Waals surface area contributed by atoms with Gasteiger partial charge in [-0.05, 0) is 55.7 Å². The third-order valence-electron chi connectivity index (χ3n) is 6.36. The molecule has 1 aromatic rings. The van der Waals surface area contributed by atoms with Crippen LogP contribution in [0.5, 0.6) is 0 Å². The van der Waals surface area contributed by atoms with Crippen LogP contribution in [0.1, 0.15) is 77.2 Å². The Morgan fingerprint density at radius 2 is 2.10 bits per heavy atom. The van der Waals surface area contributed by atoms with Gasteiger partial charge in [0.2, 0.25) is 0 Å². The molecule has 1 heterocycles. The highest BCUT2D eigenvalue weighted by molar-refractivity contribution is 5.92. The lowest BCUT2D eigenvalue weighted by Crippen LogP contribution is -2.41. The summed E-state index contributed by atoms with van der Waals surface area (Å²) < 4.78 is 6.10. The van der Waals surface area contributed by atoms with E-state index in [9.17, 15) is 9.90 Å². The molecule has 4 heteroatoms. The van der Waals surface area contributed by atoms with Crippen molar-refractivity contribution in [1.82, 2.24) is 0 Å². The molecule has 2 aliphatic rings. The first kappa shape index (κ1) is 22.2. The average molecular weight is 410 g/mol. The first-order valence-corrected chi connectivity index (χ1v) is 11.3. The molecule has 0 spiro atoms. The molecule has 0 saturated carbocycles. The minimum absolute atomic E-state index is 0.177. The quantitative estimate of drug-likeness (QED) is 0.387. The number of rotatable bonds is 8. The Balaban J connectivity index is 1.83. The van der Waals surface area contributed by atoms with Crippen molar-refractivity contribution in [1.29, 1.82) is 0 Å². The van der Waals surface area contributed by atoms with Crippen LogP contribution in [0.3, 0.4) is 0 Å². The molecular weight excluding hydrogens is 374 g/mol. The van der Waals surface area contributed by atoms with E-state index < -0.39 is 5.60 Å². The number of benzene rings is 1. The number of nitrogens with two attached hydrogens (primary N) is 1. The van der Waals surface area contributed by atoms with Gasteiger partial charge in [-0.1, -0.05) is 63.1 Å². The van der Waals surface area contributed by atoms with Gasteiger partial charge in [-0.2, -0.15) is 0 Å². The van der Waals surface area contributed by atoms with Crippen LogP contribution in [0.25, 0.3) is 0 Å². The summed E-state index contributed by atoms with van der Waals surface area (Å²) in [6.07, 6.45) is 12.1. The molecule has 3 N–H and O–H groups in total. The Kier molecular flexibility index (Phi) is 7.06. The van der Waals surface area contributed by atoms with E-state index in [1.165, 1.54) is 5.57 Å². The first-order chi connectivity index (χ1) is 14.4. The predicted molar refractivity (Wildman–Crippen MR) is 122 cm³/mol. The molecule has 0 bridgehead atoms. The van der Waals surface area contributed by atoms with Crippen molar-refractivity contribution in [2.24, 2.45) is 5.92 Å². The Labute approximate surface area is 180 Å². The van der Waals surface area contributed by atoms with E-state index in [1.807, 2.05) is 31.2 Å². The molecule has 1 aromatic carbocycles. The third-order valence-corrected chi connectivity index (χ3v) is 6.36. The summed E-state index contributed by atoms with van der Waals surface area (Å²) in [4.78, 5) is 13.1. The van der Waals surface area contributed by atoms with Crippen LogP contribution in [-0.2, 0) is 9.53 Å². The maximum absolute atomic E-state index is 13.1. The van der Waals surface area contributed by atoms with E-state index in [4.69, 9.17) is 10.5 Å². The number of ether oxygens (including phenoxy) is 1. The van der Waals surface area contributed by atoms with Crippen LogP contribution < -0.4 is 5.73 Å². The van der Waals surface area contributed by atoms with Crippen LogP contribution in [0.15, 0.2) is 59.4 Å². The maximum Gasteiger partial charge on any atom is 0.338 e. The second-order valence-electron chi connectivity index (χ2n) is 8.84. The molecule has 162 valence electrons. The lowest BCUT2D eigenvalue weighted by atomic mass is 9.79. The van der Waals surface area contributed by atoms with Crippen molar-refractivity contribution in [2.45, 2.75) is 77.2 Å². The van der Waals surface area contributed by atoms with Gasteiger partial charge in [0.1, 0.15) is 11.4 Å². The van der Waals surface area contributed by atoms with Crippen LogP contribution in [0.4, 0.5) is 5.69 Å². The van der Waals surface area contributed by atoms with E-state index in [2.05, 4.69) is 32.1 Å². The number of esters is 1. The van der Waals surface area contributed by atoms with Gasteiger partial charge < -0.3 is 15.6 Å². The van der Waals surface area contributed by atoms with E-state index >= 15 is 0 Å². The van der Waals surface area contributed by atoms with Gasteiger partial charge in [-0.15, -0.1) is 0 Å². The van der Waals surface area contributed by atoms with Crippen LogP contribution >= 0.6 is 0 Å². The molecule has 0 saturated heterocycles. The fourth-order valence-electron chi connectivity index (χ4n) is 4.72. The smallest absolute Gasteiger partial charge is 0.338 e. The van der Waals surface area contributed by atoms with Crippen LogP contribution in [-0.4, -0.2) is 16.7 Å². The summed E-state index contributed by atoms with van der Waals surface area (Å²) >= 11 is 0. The first-order valence-electron chi connectivity index (χ1n) is 11.3. The van der Waals surface area contributed by atoms with Gasteiger partial charge in [-0.25, -0.2) is 4.79 Å². The minimum Gasteiger partial charge on any atom is -0.512 e. The SMILES string of the molecule is CCCC1(CCC2=CCC(C)C=C2)CC(O)=C(C(CC)c2cccc(N)c2)C(=O)O1. The highest BCUT2D eigenvalue weighted by Gasteiger charge is 2.43. The van der Waals surface area contributed by atoms with E-state index in [0.717, 1.165) is 37.7 Å². The van der Waals surface area contributed by atoms with Crippen LogP contribution in [0, 0.1) is 5.92 Å². The number of hydrogen-bond acceptors (Lipinski definition) is 4. The number of aliphatic hydroxyl groups excluding tert-OH is 1. The summed E-state index contributed by atoms with van der Waals surface area (Å²) in [5.41, 5.74) is 8.58. The monoisotopic (exact) mass is 409 g/mol. The second kappa shape index (κ2) is 9.55. The zero-order chi connectivity index (χ0) is 21.7. The molecule has 0 radical (unpaired) electrons. The van der Waals surface area contributed by atoms with Crippen molar-refractivity contribution in [3.63, 3.8) is 0 Å². The van der Waals surface area contributed by atoms with Crippen LogP contribution in [0.2, 0.25) is 0 Å². The van der Waals surface area contributed by atoms with Gasteiger partial charge in [-0.3, -0.25) is 0 Å². The second-order valence-corrected chi connectivity index (χ2v) is 8.84. The Morgan fingerprint density at radius 1 is 1.30 bits per heavy atom. The number of hydrogen-bond donors (Lipinski definition) is 2. The number of carbonyl (C=O) groups excluding carboxylic acids is 1. The summed E-state index contributed by atoms with van der Waals surface area (Å²) in [5, 5.41) is 11.0. The number of cyclic esters (lactones) is 1. The number of carbonyl (C=O) groups is 1. The molecule has 0 fully saturated rings. The van der Waals surface area contributed by atoms with Crippen molar-refractivity contribution in [3.05, 3.63) is 65.0 Å². The summed E-state index contributed by atoms with van der Waals surface area (Å²) in [6.45, 7) is 6.31. The van der Waals surface area contributed by atoms with Crippen molar-refractivity contribution in [2.75, 3.05) is 5.73 Å². The standard InChI is InChI=1S/C26H35NO3/c1-4-14-26(15-13-19-11-9-18(3)10-12-19)17-23(28)24(25(29)30-26)22(5-2)20-7-6-8-21(27)16-20/h6-9,11-12,16,18,22,28H,4-5,10,13-15,17,27H2,1-3H3. The lowest BCUT2D eigenvalue weighted by molar-refractivity contribution is -0.161. The summed E-state index contributed by atoms with van der Waals surface area (Å²) in [5.74, 6) is 0.156. The maximum atomic E-state index is 13.1. The highest BCUT2D eigenvalue weighted by atomic mass is 16.6. The fourth-order valence-corrected chi connectivity index (χ4v) is 4.72. The molecule has 3 atom stereocenters. The number of nitrogen functional groups attached to an aromatic ring is 1. The van der Waals surface area contributed by atoms with Gasteiger partial charge in [0.15, 0.2) is 0 Å². The summed E-state index contributed by atoms with van der Waals surface area (Å²) in [6, 6.07) is 7.53. The third kappa shape index (κ3) is 4.97. The Bertz CT molecular complexity index is 867. The highest BCUT2D eigenvalue weighted by Crippen LogP contribution is 2.42. The Hall–Kier alpha value is -2.49. The molecule has 1 aliphatic heterocycles. The fraction of sp³-hybridized carbons (Fsp3) is 0.500. The minimum atomic E-state index is -0.634.